The number of aryl methyl sites for hydroxylation is 1. The van der Waals surface area contributed by atoms with Crippen LogP contribution in [0.5, 0.6) is 0 Å². The van der Waals surface area contributed by atoms with Gasteiger partial charge in [0.2, 0.25) is 11.9 Å². The summed E-state index contributed by atoms with van der Waals surface area (Å²) in [5.74, 6) is 1.52. The van der Waals surface area contributed by atoms with Crippen molar-refractivity contribution in [3.63, 3.8) is 0 Å². The number of rotatable bonds is 5. The predicted molar refractivity (Wildman–Crippen MR) is 95.0 cm³/mol. The van der Waals surface area contributed by atoms with Gasteiger partial charge < -0.3 is 0 Å². The molecule has 1 amide bonds. The van der Waals surface area contributed by atoms with Crippen LogP contribution < -0.4 is 5.32 Å². The van der Waals surface area contributed by atoms with Gasteiger partial charge in [-0.3, -0.25) is 14.7 Å². The largest absolute Gasteiger partial charge is 0.296 e. The van der Waals surface area contributed by atoms with Gasteiger partial charge in [0.05, 0.1) is 0 Å². The fourth-order valence-corrected chi connectivity index (χ4v) is 3.98. The number of aromatic nitrogens is 3. The second-order valence-corrected chi connectivity index (χ2v) is 7.48. The molecule has 2 aliphatic rings. The van der Waals surface area contributed by atoms with Crippen LogP contribution in [0.25, 0.3) is 11.2 Å². The summed E-state index contributed by atoms with van der Waals surface area (Å²) in [6.45, 7) is 2.02. The summed E-state index contributed by atoms with van der Waals surface area (Å²) in [5.41, 5.74) is 2.88. The Labute approximate surface area is 142 Å². The van der Waals surface area contributed by atoms with Crippen molar-refractivity contribution in [3.8, 4) is 0 Å². The van der Waals surface area contributed by atoms with Crippen molar-refractivity contribution in [2.75, 3.05) is 5.32 Å². The molecule has 0 bridgehead atoms. The van der Waals surface area contributed by atoms with Crippen LogP contribution in [-0.4, -0.2) is 20.4 Å². The van der Waals surface area contributed by atoms with Crippen molar-refractivity contribution in [1.82, 2.24) is 14.5 Å². The fourth-order valence-electron chi connectivity index (χ4n) is 3.98. The number of fused-ring (bicyclic) bond motifs is 1. The number of nitrogens with zero attached hydrogens (tertiary/aromatic N) is 3. The van der Waals surface area contributed by atoms with Crippen LogP contribution in [0.15, 0.2) is 12.3 Å². The van der Waals surface area contributed by atoms with Crippen LogP contribution in [0.1, 0.15) is 69.4 Å². The van der Waals surface area contributed by atoms with Gasteiger partial charge in [-0.25, -0.2) is 9.97 Å². The van der Waals surface area contributed by atoms with E-state index in [0.29, 0.717) is 18.4 Å². The van der Waals surface area contributed by atoms with E-state index >= 15 is 0 Å². The Morgan fingerprint density at radius 3 is 2.75 bits per heavy atom. The van der Waals surface area contributed by atoms with Crippen LogP contribution >= 0.6 is 0 Å². The van der Waals surface area contributed by atoms with Crippen LogP contribution in [0.3, 0.4) is 0 Å². The Kier molecular flexibility index (Phi) is 4.25. The van der Waals surface area contributed by atoms with Gasteiger partial charge in [-0.05, 0) is 50.2 Å². The zero-order chi connectivity index (χ0) is 16.5. The molecule has 2 aromatic rings. The highest BCUT2D eigenvalue weighted by Crippen LogP contribution is 2.36. The number of carbonyl (C=O) groups excluding carboxylic acids is 1. The minimum Gasteiger partial charge on any atom is -0.296 e. The lowest BCUT2D eigenvalue weighted by molar-refractivity contribution is -0.116. The molecule has 0 atom stereocenters. The van der Waals surface area contributed by atoms with E-state index in [-0.39, 0.29) is 5.91 Å². The number of anilines is 1. The molecule has 24 heavy (non-hydrogen) atoms. The average molecular weight is 326 g/mol. The molecule has 0 aliphatic heterocycles. The van der Waals surface area contributed by atoms with E-state index in [1.165, 1.54) is 32.1 Å². The second kappa shape index (κ2) is 6.54. The molecule has 2 saturated carbocycles. The van der Waals surface area contributed by atoms with E-state index in [1.807, 2.05) is 19.2 Å². The molecule has 4 rings (SSSR count). The third-order valence-corrected chi connectivity index (χ3v) is 5.61. The Morgan fingerprint density at radius 2 is 2.04 bits per heavy atom. The summed E-state index contributed by atoms with van der Waals surface area (Å²) >= 11 is 0. The standard InChI is InChI=1S/C19H26N4O/c1-13-11-16-18(20-12-13)23(15-7-4-8-15)19(21-16)22-17(24)10-9-14-5-2-3-6-14/h11-12,14-15H,2-10H2,1H3,(H,21,22,24). The molecule has 2 fully saturated rings. The number of pyridine rings is 1. The molecule has 2 aromatic heterocycles. The predicted octanol–water partition coefficient (Wildman–Crippen LogP) is 4.37. The maximum absolute atomic E-state index is 12.4. The lowest BCUT2D eigenvalue weighted by atomic mass is 9.93. The smallest absolute Gasteiger partial charge is 0.226 e. The van der Waals surface area contributed by atoms with Crippen molar-refractivity contribution in [3.05, 3.63) is 17.8 Å². The van der Waals surface area contributed by atoms with Gasteiger partial charge in [-0.15, -0.1) is 0 Å². The van der Waals surface area contributed by atoms with Crippen LogP contribution in [-0.2, 0) is 4.79 Å². The molecule has 0 unspecified atom stereocenters. The first-order valence-corrected chi connectivity index (χ1v) is 9.35. The first-order chi connectivity index (χ1) is 11.7. The fraction of sp³-hybridized carbons (Fsp3) is 0.632. The van der Waals surface area contributed by atoms with E-state index in [1.54, 1.807) is 0 Å². The first kappa shape index (κ1) is 15.6. The molecule has 0 aromatic carbocycles. The molecule has 128 valence electrons. The highest BCUT2D eigenvalue weighted by molar-refractivity contribution is 5.91. The second-order valence-electron chi connectivity index (χ2n) is 7.48. The summed E-state index contributed by atoms with van der Waals surface area (Å²) < 4.78 is 2.14. The van der Waals surface area contributed by atoms with Crippen LogP contribution in [0.2, 0.25) is 0 Å². The maximum atomic E-state index is 12.4. The van der Waals surface area contributed by atoms with Crippen molar-refractivity contribution in [1.29, 1.82) is 0 Å². The Balaban J connectivity index is 1.52. The maximum Gasteiger partial charge on any atom is 0.226 e. The van der Waals surface area contributed by atoms with Crippen molar-refractivity contribution in [2.24, 2.45) is 5.92 Å². The van der Waals surface area contributed by atoms with Gasteiger partial charge in [0.1, 0.15) is 5.52 Å². The minimum absolute atomic E-state index is 0.0921. The number of hydrogen-bond acceptors (Lipinski definition) is 3. The summed E-state index contributed by atoms with van der Waals surface area (Å²) in [6.07, 6.45) is 12.3. The first-order valence-electron chi connectivity index (χ1n) is 9.35. The average Bonchev–Trinajstić information content (AvgIpc) is 3.12. The summed E-state index contributed by atoms with van der Waals surface area (Å²) in [7, 11) is 0. The molecule has 0 saturated heterocycles. The Morgan fingerprint density at radius 1 is 1.25 bits per heavy atom. The number of carbonyl (C=O) groups is 1. The van der Waals surface area contributed by atoms with E-state index in [4.69, 9.17) is 0 Å². The molecule has 0 radical (unpaired) electrons. The topological polar surface area (TPSA) is 59.8 Å². The van der Waals surface area contributed by atoms with Crippen molar-refractivity contribution in [2.45, 2.75) is 70.8 Å². The van der Waals surface area contributed by atoms with E-state index in [0.717, 1.165) is 41.9 Å². The molecular weight excluding hydrogens is 300 g/mol. The lowest BCUT2D eigenvalue weighted by Crippen LogP contribution is -2.22. The monoisotopic (exact) mass is 326 g/mol. The zero-order valence-electron chi connectivity index (χ0n) is 14.4. The number of hydrogen-bond donors (Lipinski definition) is 1. The number of imidazole rings is 1. The van der Waals surface area contributed by atoms with Crippen molar-refractivity contribution >= 4 is 23.0 Å². The van der Waals surface area contributed by atoms with E-state index < -0.39 is 0 Å². The van der Waals surface area contributed by atoms with E-state index in [9.17, 15) is 4.79 Å². The normalized spacial score (nSPS) is 18.9. The van der Waals surface area contributed by atoms with Crippen molar-refractivity contribution < 1.29 is 4.79 Å². The summed E-state index contributed by atoms with van der Waals surface area (Å²) in [6, 6.07) is 2.47. The molecule has 5 nitrogen and oxygen atoms in total. The lowest BCUT2D eigenvalue weighted by Gasteiger charge is -2.28. The van der Waals surface area contributed by atoms with Gasteiger partial charge in [0.15, 0.2) is 5.65 Å². The third kappa shape index (κ3) is 3.04. The Hall–Kier alpha value is -1.91. The van der Waals surface area contributed by atoms with Crippen LogP contribution in [0.4, 0.5) is 5.95 Å². The third-order valence-electron chi connectivity index (χ3n) is 5.61. The summed E-state index contributed by atoms with van der Waals surface area (Å²) in [4.78, 5) is 21.6. The number of nitrogens with one attached hydrogen (secondary N) is 1. The highest BCUT2D eigenvalue weighted by Gasteiger charge is 2.26. The van der Waals surface area contributed by atoms with Gasteiger partial charge in [-0.1, -0.05) is 25.7 Å². The Bertz CT molecular complexity index is 741. The molecule has 2 heterocycles. The van der Waals surface area contributed by atoms with Gasteiger partial charge >= 0.3 is 0 Å². The summed E-state index contributed by atoms with van der Waals surface area (Å²) in [5, 5.41) is 3.07. The van der Waals surface area contributed by atoms with Crippen LogP contribution in [0, 0.1) is 12.8 Å². The van der Waals surface area contributed by atoms with Gasteiger partial charge in [-0.2, -0.15) is 0 Å². The minimum atomic E-state index is 0.0921. The molecule has 1 N–H and O–H groups in total. The molecule has 2 aliphatic carbocycles. The van der Waals surface area contributed by atoms with Gasteiger partial charge in [0, 0.05) is 18.7 Å². The molecular formula is C19H26N4O. The van der Waals surface area contributed by atoms with E-state index in [2.05, 4.69) is 19.9 Å². The SMILES string of the molecule is Cc1cnc2c(c1)nc(NC(=O)CCC1CCCC1)n2C1CCC1. The quantitative estimate of drug-likeness (QED) is 0.887. The zero-order valence-corrected chi connectivity index (χ0v) is 14.4. The van der Waals surface area contributed by atoms with Gasteiger partial charge in [0.25, 0.3) is 0 Å². The molecule has 0 spiro atoms. The molecule has 5 heteroatoms. The number of amides is 1. The highest BCUT2D eigenvalue weighted by atomic mass is 16.1.